The Labute approximate surface area is 55.7 Å². The van der Waals surface area contributed by atoms with E-state index >= 15 is 0 Å². The summed E-state index contributed by atoms with van der Waals surface area (Å²) in [5.74, 6) is 0. The zero-order chi connectivity index (χ0) is 3.58. The molecule has 0 aliphatic rings. The van der Waals surface area contributed by atoms with Crippen LogP contribution in [0, 0.1) is 0 Å². The maximum atomic E-state index is 9.26. The van der Waals surface area contributed by atoms with Gasteiger partial charge in [-0.25, -0.2) is 0 Å². The van der Waals surface area contributed by atoms with Crippen molar-refractivity contribution in [2.75, 3.05) is 0 Å². The Bertz CT molecular complexity index is 32.6. The average Bonchev–Trinajstić information content (AvgIpc) is 0.811. The van der Waals surface area contributed by atoms with Gasteiger partial charge >= 0.3 is 39.2 Å². The fraction of sp³-hybridized carbons (Fsp3) is 0. The Morgan fingerprint density at radius 3 is 1.40 bits per heavy atom. The van der Waals surface area contributed by atoms with Crippen molar-refractivity contribution in [3.8, 4) is 0 Å². The third kappa shape index (κ3) is 26.0. The van der Waals surface area contributed by atoms with Gasteiger partial charge in [-0.15, -0.1) is 0 Å². The maximum absolute atomic E-state index is 9.26. The van der Waals surface area contributed by atoms with Crippen LogP contribution in [0.25, 0.3) is 0 Å². The first-order valence-electron chi connectivity index (χ1n) is 0.582. The normalized spacial score (nSPS) is 5.20. The van der Waals surface area contributed by atoms with Crippen LogP contribution in [0.15, 0.2) is 0 Å². The molecule has 0 spiro atoms. The number of hydrogen-bond donors (Lipinski definition) is 0. The number of rotatable bonds is 0. The molecular weight excluding hydrogens is 234 g/mol. The van der Waals surface area contributed by atoms with Gasteiger partial charge in [0.1, 0.15) is 0 Å². The zero-order valence-electron chi connectivity index (χ0n) is 2.02. The molecule has 0 bridgehead atoms. The first-order chi connectivity index (χ1) is 1.73. The van der Waals surface area contributed by atoms with E-state index in [2.05, 4.69) is 17.0 Å². The van der Waals surface area contributed by atoms with E-state index in [1.54, 1.807) is 0 Å². The van der Waals surface area contributed by atoms with Crippen LogP contribution in [0.5, 0.6) is 0 Å². The molecule has 5 heavy (non-hydrogen) atoms. The molecule has 0 saturated carbocycles. The van der Waals surface area contributed by atoms with Crippen LogP contribution < -0.4 is 0 Å². The first kappa shape index (κ1) is 9.92. The second-order valence-corrected chi connectivity index (χ2v) is 6.54. The zero-order valence-corrected chi connectivity index (χ0v) is 7.09. The number of hydrogen-bond acceptors (Lipinski definition) is 1. The summed E-state index contributed by atoms with van der Waals surface area (Å²) >= 11 is -2.85. The fourth-order valence-corrected chi connectivity index (χ4v) is 0. The molecule has 0 amide bonds. The van der Waals surface area contributed by atoms with Crippen LogP contribution in [-0.2, 0) is 39.3 Å². The molecule has 0 aromatic heterocycles. The van der Waals surface area contributed by atoms with Gasteiger partial charge in [-0.3, -0.25) is 0 Å². The monoisotopic (exact) mass is 232 g/mol. The molecular formula is Cl2FeOZr. The quantitative estimate of drug-likeness (QED) is 0.576. The molecule has 0 radical (unpaired) electrons. The molecule has 0 aromatic rings. The van der Waals surface area contributed by atoms with Crippen LogP contribution in [0.1, 0.15) is 0 Å². The molecule has 0 aliphatic carbocycles. The van der Waals surface area contributed by atoms with Crippen LogP contribution in [0.2, 0.25) is 0 Å². The van der Waals surface area contributed by atoms with E-state index in [4.69, 9.17) is 0 Å². The van der Waals surface area contributed by atoms with Gasteiger partial charge < -0.3 is 0 Å². The topological polar surface area (TPSA) is 17.1 Å². The summed E-state index contributed by atoms with van der Waals surface area (Å²) in [5, 5.41) is 0. The Morgan fingerprint density at radius 2 is 1.40 bits per heavy atom. The minimum atomic E-state index is -2.85. The summed E-state index contributed by atoms with van der Waals surface area (Å²) in [6.45, 7) is 0. The van der Waals surface area contributed by atoms with E-state index in [-0.39, 0.29) is 17.1 Å². The van der Waals surface area contributed by atoms with Crippen LogP contribution in [-0.4, -0.2) is 0 Å². The van der Waals surface area contributed by atoms with Crippen molar-refractivity contribution in [2.45, 2.75) is 0 Å². The predicted molar refractivity (Wildman–Crippen MR) is 12.4 cm³/mol. The van der Waals surface area contributed by atoms with Crippen molar-refractivity contribution in [1.82, 2.24) is 0 Å². The van der Waals surface area contributed by atoms with Crippen molar-refractivity contribution in [3.63, 3.8) is 0 Å². The van der Waals surface area contributed by atoms with E-state index in [0.717, 1.165) is 0 Å². The van der Waals surface area contributed by atoms with E-state index < -0.39 is 19.4 Å². The molecule has 32 valence electrons. The molecule has 5 heteroatoms. The second kappa shape index (κ2) is 5.78. The molecule has 0 aromatic carbocycles. The van der Waals surface area contributed by atoms with Gasteiger partial charge in [0.05, 0.1) is 0 Å². The fourth-order valence-electron chi connectivity index (χ4n) is 0. The SMILES string of the molecule is [Fe].[O]=[Zr]([Cl])[Cl]. The molecule has 0 aliphatic heterocycles. The average molecular weight is 234 g/mol. The van der Waals surface area contributed by atoms with Gasteiger partial charge in [-0.2, -0.15) is 0 Å². The van der Waals surface area contributed by atoms with Gasteiger partial charge in [0, 0.05) is 17.1 Å². The van der Waals surface area contributed by atoms with Gasteiger partial charge in [-0.1, -0.05) is 0 Å². The van der Waals surface area contributed by atoms with Crippen LogP contribution in [0.3, 0.4) is 0 Å². The van der Waals surface area contributed by atoms with Crippen LogP contribution >= 0.6 is 17.0 Å². The van der Waals surface area contributed by atoms with E-state index in [9.17, 15) is 2.81 Å². The predicted octanol–water partition coefficient (Wildman–Crippen LogP) is 1.26. The van der Waals surface area contributed by atoms with Crippen LogP contribution in [0.4, 0.5) is 0 Å². The number of halogens is 2. The van der Waals surface area contributed by atoms with Gasteiger partial charge in [0.2, 0.25) is 0 Å². The summed E-state index contributed by atoms with van der Waals surface area (Å²) in [5.41, 5.74) is 0. The molecule has 0 heterocycles. The molecule has 0 saturated heterocycles. The molecule has 0 rings (SSSR count). The van der Waals surface area contributed by atoms with Gasteiger partial charge in [-0.05, 0) is 0 Å². The van der Waals surface area contributed by atoms with E-state index in [0.29, 0.717) is 0 Å². The molecule has 0 N–H and O–H groups in total. The molecule has 1 nitrogen and oxygen atoms in total. The van der Waals surface area contributed by atoms with Crippen molar-refractivity contribution in [1.29, 1.82) is 0 Å². The molecule has 0 fully saturated rings. The standard InChI is InChI=1S/2ClH.Fe.O.Zr/h2*1H;;;/q;;;;+2/p-2. The van der Waals surface area contributed by atoms with Gasteiger partial charge in [0.25, 0.3) is 0 Å². The summed E-state index contributed by atoms with van der Waals surface area (Å²) in [6.07, 6.45) is 0. The van der Waals surface area contributed by atoms with Gasteiger partial charge in [0.15, 0.2) is 0 Å². The first-order valence-corrected chi connectivity index (χ1v) is 7.92. The summed E-state index contributed by atoms with van der Waals surface area (Å²) in [4.78, 5) is 0. The van der Waals surface area contributed by atoms with Crippen molar-refractivity contribution in [3.05, 3.63) is 0 Å². The van der Waals surface area contributed by atoms with Crippen molar-refractivity contribution < 1.29 is 39.3 Å². The minimum absolute atomic E-state index is 0. The Morgan fingerprint density at radius 1 is 1.40 bits per heavy atom. The van der Waals surface area contributed by atoms with E-state index in [1.807, 2.05) is 0 Å². The van der Waals surface area contributed by atoms with E-state index in [1.165, 1.54) is 0 Å². The third-order valence-electron chi connectivity index (χ3n) is 0. The molecule has 0 atom stereocenters. The van der Waals surface area contributed by atoms with Crippen molar-refractivity contribution in [2.24, 2.45) is 0 Å². The molecule has 0 unspecified atom stereocenters. The summed E-state index contributed by atoms with van der Waals surface area (Å²) in [6, 6.07) is 0. The second-order valence-electron chi connectivity index (χ2n) is 0.226. The van der Waals surface area contributed by atoms with Crippen molar-refractivity contribution >= 4 is 17.0 Å². The Balaban J connectivity index is 0. The summed E-state index contributed by atoms with van der Waals surface area (Å²) in [7, 11) is 9.36. The third-order valence-corrected chi connectivity index (χ3v) is 0. The Kier molecular flexibility index (Phi) is 11.5. The Hall–Kier alpha value is 1.78. The summed E-state index contributed by atoms with van der Waals surface area (Å²) < 4.78 is 9.26.